The summed E-state index contributed by atoms with van der Waals surface area (Å²) in [6, 6.07) is 0. The summed E-state index contributed by atoms with van der Waals surface area (Å²) in [5, 5.41) is 0. The summed E-state index contributed by atoms with van der Waals surface area (Å²) in [4.78, 5) is 23.5. The number of esters is 2. The predicted molar refractivity (Wildman–Crippen MR) is 142 cm³/mol. The molecule has 0 aliphatic carbocycles. The van der Waals surface area contributed by atoms with Crippen LogP contribution in [0.15, 0.2) is 0 Å². The van der Waals surface area contributed by atoms with Gasteiger partial charge in [0.1, 0.15) is 0 Å². The van der Waals surface area contributed by atoms with Crippen molar-refractivity contribution in [1.82, 2.24) is 0 Å². The van der Waals surface area contributed by atoms with E-state index >= 15 is 0 Å². The maximum atomic E-state index is 11.7. The van der Waals surface area contributed by atoms with Crippen molar-refractivity contribution in [3.8, 4) is 0 Å². The Morgan fingerprint density at radius 2 is 0.667 bits per heavy atom. The average Bonchev–Trinajstić information content (AvgIpc) is 2.79. The SMILES string of the molecule is CCCCCCCCCCCCOC(=O)CCC(=O)OCCCCCCCCCCCC.[NaH]. The summed E-state index contributed by atoms with van der Waals surface area (Å²) in [6.45, 7) is 5.45. The van der Waals surface area contributed by atoms with Crippen molar-refractivity contribution >= 4 is 41.5 Å². The molecule has 0 bridgehead atoms. The fourth-order valence-electron chi connectivity index (χ4n) is 3.90. The summed E-state index contributed by atoms with van der Waals surface area (Å²) >= 11 is 0. The Bertz CT molecular complexity index is 377. The number of hydrogen-bond donors (Lipinski definition) is 0. The number of carbonyl (C=O) groups is 2. The predicted octanol–water partition coefficient (Wildman–Crippen LogP) is 8.05. The second-order valence-electron chi connectivity index (χ2n) is 9.30. The van der Waals surface area contributed by atoms with Crippen LogP contribution in [0.5, 0.6) is 0 Å². The van der Waals surface area contributed by atoms with Crippen molar-refractivity contribution in [3.05, 3.63) is 0 Å². The molecule has 0 amide bonds. The van der Waals surface area contributed by atoms with E-state index in [9.17, 15) is 9.59 Å². The van der Waals surface area contributed by atoms with Crippen LogP contribution in [0.25, 0.3) is 0 Å². The van der Waals surface area contributed by atoms with Gasteiger partial charge in [-0.1, -0.05) is 129 Å². The van der Waals surface area contributed by atoms with Gasteiger partial charge in [-0.25, -0.2) is 0 Å². The fourth-order valence-corrected chi connectivity index (χ4v) is 3.90. The first kappa shape index (κ1) is 35.1. The molecule has 33 heavy (non-hydrogen) atoms. The number of rotatable bonds is 25. The molecule has 0 aromatic carbocycles. The van der Waals surface area contributed by atoms with Crippen LogP contribution in [-0.2, 0) is 19.1 Å². The molecule has 0 radical (unpaired) electrons. The van der Waals surface area contributed by atoms with Crippen LogP contribution in [0, 0.1) is 0 Å². The summed E-state index contributed by atoms with van der Waals surface area (Å²) in [6.07, 6.45) is 25.5. The van der Waals surface area contributed by atoms with E-state index in [1.807, 2.05) is 0 Å². The van der Waals surface area contributed by atoms with Gasteiger partial charge in [0.2, 0.25) is 0 Å². The van der Waals surface area contributed by atoms with E-state index in [-0.39, 0.29) is 54.3 Å². The van der Waals surface area contributed by atoms with Crippen LogP contribution >= 0.6 is 0 Å². The Kier molecular flexibility index (Phi) is 31.9. The molecule has 0 fully saturated rings. The van der Waals surface area contributed by atoms with E-state index in [4.69, 9.17) is 9.47 Å². The molecule has 0 saturated heterocycles. The molecule has 0 spiro atoms. The van der Waals surface area contributed by atoms with Crippen molar-refractivity contribution in [3.63, 3.8) is 0 Å². The van der Waals surface area contributed by atoms with Crippen LogP contribution < -0.4 is 0 Å². The third-order valence-electron chi connectivity index (χ3n) is 6.06. The van der Waals surface area contributed by atoms with E-state index in [0.29, 0.717) is 13.2 Å². The standard InChI is InChI=1S/C28H54O4.Na.H/c1-3-5-7-9-11-13-15-17-19-21-25-31-27(29)23-24-28(30)32-26-22-20-18-16-14-12-10-8-6-4-2;;/h3-26H2,1-2H3;;. The number of ether oxygens (including phenoxy) is 2. The second kappa shape index (κ2) is 30.0. The van der Waals surface area contributed by atoms with E-state index < -0.39 is 0 Å². The third-order valence-corrected chi connectivity index (χ3v) is 6.06. The first-order chi connectivity index (χ1) is 15.7. The van der Waals surface area contributed by atoms with E-state index in [1.54, 1.807) is 0 Å². The van der Waals surface area contributed by atoms with E-state index in [2.05, 4.69) is 13.8 Å². The zero-order valence-electron chi connectivity index (χ0n) is 21.6. The van der Waals surface area contributed by atoms with Crippen LogP contribution in [0.3, 0.4) is 0 Å². The molecule has 0 heterocycles. The Balaban J connectivity index is 0. The average molecular weight is 479 g/mol. The molecule has 0 aliphatic heterocycles. The zero-order chi connectivity index (χ0) is 23.5. The molecule has 192 valence electrons. The second-order valence-corrected chi connectivity index (χ2v) is 9.30. The van der Waals surface area contributed by atoms with Crippen LogP contribution in [0.2, 0.25) is 0 Å². The van der Waals surface area contributed by atoms with Crippen LogP contribution in [0.4, 0.5) is 0 Å². The molecule has 4 nitrogen and oxygen atoms in total. The van der Waals surface area contributed by atoms with Gasteiger partial charge >= 0.3 is 41.5 Å². The zero-order valence-corrected chi connectivity index (χ0v) is 21.6. The van der Waals surface area contributed by atoms with Crippen LogP contribution in [0.1, 0.15) is 155 Å². The number of carbonyl (C=O) groups excluding carboxylic acids is 2. The molecule has 5 heteroatoms. The first-order valence-electron chi connectivity index (χ1n) is 14.0. The summed E-state index contributed by atoms with van der Waals surface area (Å²) < 4.78 is 10.5. The van der Waals surface area contributed by atoms with Gasteiger partial charge in [0.05, 0.1) is 26.1 Å². The van der Waals surface area contributed by atoms with Crippen LogP contribution in [-0.4, -0.2) is 54.7 Å². The van der Waals surface area contributed by atoms with Gasteiger partial charge in [-0.15, -0.1) is 0 Å². The minimum atomic E-state index is -0.281. The number of unbranched alkanes of at least 4 members (excludes halogenated alkanes) is 18. The molecule has 0 aromatic heterocycles. The van der Waals surface area contributed by atoms with E-state index in [0.717, 1.165) is 25.7 Å². The topological polar surface area (TPSA) is 52.6 Å². The van der Waals surface area contributed by atoms with Gasteiger partial charge in [-0.05, 0) is 12.8 Å². The molecular weight excluding hydrogens is 423 g/mol. The molecule has 0 N–H and O–H groups in total. The van der Waals surface area contributed by atoms with Gasteiger partial charge in [0.15, 0.2) is 0 Å². The van der Waals surface area contributed by atoms with Gasteiger partial charge < -0.3 is 9.47 Å². The molecule has 0 rings (SSSR count). The maximum absolute atomic E-state index is 11.7. The van der Waals surface area contributed by atoms with Gasteiger partial charge in [-0.2, -0.15) is 0 Å². The summed E-state index contributed by atoms with van der Waals surface area (Å²) in [5.74, 6) is -0.561. The molecule has 0 saturated carbocycles. The summed E-state index contributed by atoms with van der Waals surface area (Å²) in [5.41, 5.74) is 0. The van der Waals surface area contributed by atoms with Crippen molar-refractivity contribution in [1.29, 1.82) is 0 Å². The Labute approximate surface area is 228 Å². The van der Waals surface area contributed by atoms with Gasteiger partial charge in [-0.3, -0.25) is 9.59 Å². The van der Waals surface area contributed by atoms with Gasteiger partial charge in [0, 0.05) is 0 Å². The minimum absolute atomic E-state index is 0. The van der Waals surface area contributed by atoms with Crippen molar-refractivity contribution in [2.75, 3.05) is 13.2 Å². The van der Waals surface area contributed by atoms with Crippen molar-refractivity contribution in [2.45, 2.75) is 155 Å². The normalized spacial score (nSPS) is 10.6. The molecule has 0 aromatic rings. The quantitative estimate of drug-likeness (QED) is 0.0756. The van der Waals surface area contributed by atoms with Crippen molar-refractivity contribution in [2.24, 2.45) is 0 Å². The Hall–Kier alpha value is -0.0600. The molecule has 0 aliphatic rings. The summed E-state index contributed by atoms with van der Waals surface area (Å²) in [7, 11) is 0. The monoisotopic (exact) mass is 478 g/mol. The van der Waals surface area contributed by atoms with E-state index in [1.165, 1.54) is 103 Å². The molecular formula is C28H55NaO4. The number of hydrogen-bond acceptors (Lipinski definition) is 4. The van der Waals surface area contributed by atoms with Crippen molar-refractivity contribution < 1.29 is 19.1 Å². The fraction of sp³-hybridized carbons (Fsp3) is 0.929. The Morgan fingerprint density at radius 1 is 0.424 bits per heavy atom. The first-order valence-corrected chi connectivity index (χ1v) is 14.0. The molecule has 0 unspecified atom stereocenters. The third kappa shape index (κ3) is 29.9. The Morgan fingerprint density at radius 3 is 0.939 bits per heavy atom. The molecule has 0 atom stereocenters. The van der Waals surface area contributed by atoms with Gasteiger partial charge in [0.25, 0.3) is 0 Å².